The lowest BCUT2D eigenvalue weighted by molar-refractivity contribution is 0.140. The molecule has 3 rings (SSSR count). The minimum atomic E-state index is -3.01. The summed E-state index contributed by atoms with van der Waals surface area (Å²) in [6.07, 6.45) is 2.13. The highest BCUT2D eigenvalue weighted by Crippen LogP contribution is 2.27. The monoisotopic (exact) mass is 340 g/mol. The number of aryl methyl sites for hydroxylation is 1. The Labute approximate surface area is 135 Å². The molecule has 130 valence electrons. The van der Waals surface area contributed by atoms with E-state index in [1.165, 1.54) is 11.6 Å². The van der Waals surface area contributed by atoms with Gasteiger partial charge in [-0.05, 0) is 12.3 Å². The Morgan fingerprint density at radius 1 is 1.25 bits per heavy atom. The van der Waals surface area contributed by atoms with E-state index < -0.39 is 34.6 Å². The first-order valence-corrected chi connectivity index (χ1v) is 7.92. The van der Waals surface area contributed by atoms with Crippen molar-refractivity contribution in [2.24, 2.45) is 13.0 Å². The molecule has 0 aromatic carbocycles. The Bertz CT molecular complexity index is 939. The third kappa shape index (κ3) is 2.78. The number of nitrogens with zero attached hydrogens (tertiary/aromatic N) is 3. The maximum atomic E-state index is 12.8. The molecule has 2 aromatic rings. The van der Waals surface area contributed by atoms with Crippen LogP contribution >= 0.6 is 0 Å². The number of hydrogen-bond acceptors (Lipinski definition) is 4. The van der Waals surface area contributed by atoms with Crippen molar-refractivity contribution in [3.05, 3.63) is 37.0 Å². The van der Waals surface area contributed by atoms with Crippen LogP contribution in [0.5, 0.6) is 0 Å². The number of aromatic nitrogens is 4. The standard InChI is InChI=1S/C15H18F2N4O3/c1-20-14(23)9-10(13(22)19-12(18-9)11(16)17)21(15(20)24)7-6-8-4-2-3-5-8/h8,11H,2-7H2,1H3,(H,18,19,22). The minimum absolute atomic E-state index is 0.231. The van der Waals surface area contributed by atoms with E-state index in [-0.39, 0.29) is 12.1 Å². The van der Waals surface area contributed by atoms with Crippen molar-refractivity contribution in [1.82, 2.24) is 19.1 Å². The van der Waals surface area contributed by atoms with E-state index in [2.05, 4.69) is 4.98 Å². The smallest absolute Gasteiger partial charge is 0.304 e. The van der Waals surface area contributed by atoms with Crippen molar-refractivity contribution in [3.63, 3.8) is 0 Å². The Hall–Kier alpha value is -2.32. The molecule has 2 heterocycles. The molecule has 7 nitrogen and oxygen atoms in total. The van der Waals surface area contributed by atoms with Gasteiger partial charge in [0.25, 0.3) is 17.5 Å². The van der Waals surface area contributed by atoms with Crippen molar-refractivity contribution >= 4 is 11.0 Å². The number of aromatic amines is 1. The molecule has 0 bridgehead atoms. The maximum Gasteiger partial charge on any atom is 0.331 e. The van der Waals surface area contributed by atoms with Crippen LogP contribution in [0.4, 0.5) is 8.78 Å². The molecule has 1 aliphatic rings. The van der Waals surface area contributed by atoms with Crippen LogP contribution in [-0.2, 0) is 13.6 Å². The van der Waals surface area contributed by atoms with Gasteiger partial charge in [-0.1, -0.05) is 25.7 Å². The average molecular weight is 340 g/mol. The number of H-pyrrole nitrogens is 1. The Morgan fingerprint density at radius 3 is 2.54 bits per heavy atom. The van der Waals surface area contributed by atoms with Crippen LogP contribution in [0.25, 0.3) is 11.0 Å². The third-order valence-corrected chi connectivity index (χ3v) is 4.65. The number of nitrogens with one attached hydrogen (secondary N) is 1. The molecule has 0 atom stereocenters. The summed E-state index contributed by atoms with van der Waals surface area (Å²) in [6, 6.07) is 0. The van der Waals surface area contributed by atoms with Crippen molar-refractivity contribution in [2.45, 2.75) is 45.1 Å². The molecule has 2 aromatic heterocycles. The zero-order valence-corrected chi connectivity index (χ0v) is 13.2. The van der Waals surface area contributed by atoms with Crippen molar-refractivity contribution < 1.29 is 8.78 Å². The number of fused-ring (bicyclic) bond motifs is 1. The molecule has 24 heavy (non-hydrogen) atoms. The zero-order valence-electron chi connectivity index (χ0n) is 13.2. The van der Waals surface area contributed by atoms with Gasteiger partial charge in [-0.3, -0.25) is 18.7 Å². The van der Waals surface area contributed by atoms with Crippen LogP contribution in [-0.4, -0.2) is 19.1 Å². The van der Waals surface area contributed by atoms with Gasteiger partial charge in [0.05, 0.1) is 0 Å². The van der Waals surface area contributed by atoms with E-state index in [4.69, 9.17) is 0 Å². The summed E-state index contributed by atoms with van der Waals surface area (Å²) in [7, 11) is 1.25. The highest BCUT2D eigenvalue weighted by molar-refractivity contribution is 5.72. The van der Waals surface area contributed by atoms with Crippen molar-refractivity contribution in [3.8, 4) is 0 Å². The fourth-order valence-corrected chi connectivity index (χ4v) is 3.33. The minimum Gasteiger partial charge on any atom is -0.304 e. The predicted molar refractivity (Wildman–Crippen MR) is 83.4 cm³/mol. The lowest BCUT2D eigenvalue weighted by atomic mass is 10.0. The molecule has 0 radical (unpaired) electrons. The second-order valence-electron chi connectivity index (χ2n) is 6.19. The summed E-state index contributed by atoms with van der Waals surface area (Å²) < 4.78 is 27.6. The first-order valence-electron chi connectivity index (χ1n) is 7.92. The van der Waals surface area contributed by atoms with Gasteiger partial charge in [-0.2, -0.15) is 0 Å². The van der Waals surface area contributed by atoms with E-state index in [0.717, 1.165) is 30.3 Å². The molecule has 1 saturated carbocycles. The van der Waals surface area contributed by atoms with Gasteiger partial charge in [0.15, 0.2) is 11.3 Å². The molecule has 0 saturated heterocycles. The first kappa shape index (κ1) is 16.5. The number of hydrogen-bond donors (Lipinski definition) is 1. The predicted octanol–water partition coefficient (Wildman–Crippen LogP) is 1.30. The van der Waals surface area contributed by atoms with Gasteiger partial charge < -0.3 is 4.98 Å². The quantitative estimate of drug-likeness (QED) is 0.908. The Balaban J connectivity index is 2.18. The van der Waals surface area contributed by atoms with Crippen LogP contribution < -0.4 is 16.8 Å². The Morgan fingerprint density at radius 2 is 1.92 bits per heavy atom. The SMILES string of the molecule is Cn1c(=O)c2nc(C(F)F)[nH]c(=O)c2n(CCC2CCCC2)c1=O. The highest BCUT2D eigenvalue weighted by Gasteiger charge is 2.21. The summed E-state index contributed by atoms with van der Waals surface area (Å²) in [5.74, 6) is -0.401. The van der Waals surface area contributed by atoms with E-state index in [1.807, 2.05) is 4.98 Å². The summed E-state index contributed by atoms with van der Waals surface area (Å²) in [6.45, 7) is 0.257. The van der Waals surface area contributed by atoms with Gasteiger partial charge in [0, 0.05) is 13.6 Å². The van der Waals surface area contributed by atoms with E-state index in [0.29, 0.717) is 12.3 Å². The van der Waals surface area contributed by atoms with Gasteiger partial charge in [0.1, 0.15) is 5.52 Å². The highest BCUT2D eigenvalue weighted by atomic mass is 19.3. The van der Waals surface area contributed by atoms with Crippen LogP contribution in [0.1, 0.15) is 44.4 Å². The van der Waals surface area contributed by atoms with Gasteiger partial charge in [-0.25, -0.2) is 18.6 Å². The van der Waals surface area contributed by atoms with Crippen LogP contribution in [0.15, 0.2) is 14.4 Å². The lowest BCUT2D eigenvalue weighted by Gasteiger charge is -2.14. The molecule has 1 N–H and O–H groups in total. The first-order chi connectivity index (χ1) is 11.4. The number of halogens is 2. The molecule has 1 fully saturated rings. The lowest BCUT2D eigenvalue weighted by Crippen LogP contribution is -2.41. The molecular weight excluding hydrogens is 322 g/mol. The summed E-state index contributed by atoms with van der Waals surface area (Å²) >= 11 is 0. The van der Waals surface area contributed by atoms with Gasteiger partial charge in [0.2, 0.25) is 0 Å². The van der Waals surface area contributed by atoms with Crippen molar-refractivity contribution in [1.29, 1.82) is 0 Å². The Kier molecular flexibility index (Phi) is 4.33. The second-order valence-corrected chi connectivity index (χ2v) is 6.19. The molecule has 0 spiro atoms. The van der Waals surface area contributed by atoms with Crippen LogP contribution in [0, 0.1) is 5.92 Å². The summed E-state index contributed by atoms with van der Waals surface area (Å²) in [5.41, 5.74) is -3.01. The van der Waals surface area contributed by atoms with Crippen LogP contribution in [0.3, 0.4) is 0 Å². The fraction of sp³-hybridized carbons (Fsp3) is 0.600. The van der Waals surface area contributed by atoms with E-state index in [1.54, 1.807) is 0 Å². The molecule has 0 unspecified atom stereocenters. The van der Waals surface area contributed by atoms with Crippen LogP contribution in [0.2, 0.25) is 0 Å². The summed E-state index contributed by atoms with van der Waals surface area (Å²) in [5, 5.41) is 0. The third-order valence-electron chi connectivity index (χ3n) is 4.65. The largest absolute Gasteiger partial charge is 0.331 e. The second kappa shape index (κ2) is 6.29. The fourth-order valence-electron chi connectivity index (χ4n) is 3.33. The van der Waals surface area contributed by atoms with Gasteiger partial charge >= 0.3 is 5.69 Å². The average Bonchev–Trinajstić information content (AvgIpc) is 3.06. The van der Waals surface area contributed by atoms with E-state index >= 15 is 0 Å². The topological polar surface area (TPSA) is 89.8 Å². The zero-order chi connectivity index (χ0) is 17.4. The van der Waals surface area contributed by atoms with Crippen molar-refractivity contribution in [2.75, 3.05) is 0 Å². The molecular formula is C15H18F2N4O3. The molecule has 9 heteroatoms. The van der Waals surface area contributed by atoms with E-state index in [9.17, 15) is 23.2 Å². The molecule has 1 aliphatic carbocycles. The number of alkyl halides is 2. The maximum absolute atomic E-state index is 12.8. The normalized spacial score (nSPS) is 15.7. The molecule has 0 aliphatic heterocycles. The summed E-state index contributed by atoms with van der Waals surface area (Å²) in [4.78, 5) is 42.3. The van der Waals surface area contributed by atoms with Gasteiger partial charge in [-0.15, -0.1) is 0 Å². The number of rotatable bonds is 4. The molecule has 0 amide bonds.